The zero-order chi connectivity index (χ0) is 15.0. The summed E-state index contributed by atoms with van der Waals surface area (Å²) >= 11 is 1.28. The van der Waals surface area contributed by atoms with Gasteiger partial charge in [-0.2, -0.15) is 0 Å². The van der Waals surface area contributed by atoms with Crippen molar-refractivity contribution in [3.63, 3.8) is 0 Å². The molecular weight excluding hydrogens is 288 g/mol. The lowest BCUT2D eigenvalue weighted by Gasteiger charge is -2.00. The molecule has 3 aromatic rings. The molecule has 1 aromatic carbocycles. The van der Waals surface area contributed by atoms with Crippen LogP contribution in [0.1, 0.15) is 9.67 Å². The van der Waals surface area contributed by atoms with Crippen LogP contribution in [0.25, 0.3) is 21.0 Å². The van der Waals surface area contributed by atoms with Crippen molar-refractivity contribution in [2.75, 3.05) is 12.3 Å². The zero-order valence-corrected chi connectivity index (χ0v) is 11.7. The molecule has 0 saturated heterocycles. The molecule has 7 heteroatoms. The number of thiophene rings is 1. The van der Waals surface area contributed by atoms with Crippen LogP contribution in [-0.2, 0) is 4.79 Å². The highest BCUT2D eigenvalue weighted by atomic mass is 32.1. The number of hydrogen-bond donors (Lipinski definition) is 3. The molecule has 0 atom stereocenters. The predicted octanol–water partition coefficient (Wildman–Crippen LogP) is 1.25. The molecule has 0 unspecified atom stereocenters. The van der Waals surface area contributed by atoms with E-state index in [1.807, 2.05) is 24.3 Å². The van der Waals surface area contributed by atoms with Crippen LogP contribution < -0.4 is 16.8 Å². The van der Waals surface area contributed by atoms with Crippen molar-refractivity contribution in [1.29, 1.82) is 0 Å². The number of nitrogens with one attached hydrogen (secondary N) is 1. The summed E-state index contributed by atoms with van der Waals surface area (Å²) in [6.45, 7) is -0.217. The highest BCUT2D eigenvalue weighted by molar-refractivity contribution is 7.22. The Kier molecular flexibility index (Phi) is 3.19. The van der Waals surface area contributed by atoms with E-state index in [-0.39, 0.29) is 6.54 Å². The molecule has 2 aromatic heterocycles. The van der Waals surface area contributed by atoms with Gasteiger partial charge in [-0.3, -0.25) is 14.6 Å². The van der Waals surface area contributed by atoms with Gasteiger partial charge < -0.3 is 16.8 Å². The Morgan fingerprint density at radius 2 is 2.00 bits per heavy atom. The van der Waals surface area contributed by atoms with Crippen LogP contribution in [0, 0.1) is 0 Å². The standard InChI is InChI=1S/C14H12N4O2S/c15-10(19)6-18-14(20)13-11(16)8-5-17-9-4-2-1-3-7(9)12(8)21-13/h1-5H,6,16H2,(H2,15,19)(H,18,20). The molecule has 0 aliphatic carbocycles. The highest BCUT2D eigenvalue weighted by Crippen LogP contribution is 2.37. The second-order valence-corrected chi connectivity index (χ2v) is 5.53. The normalized spacial score (nSPS) is 10.9. The maximum absolute atomic E-state index is 12.1. The second-order valence-electron chi connectivity index (χ2n) is 4.51. The van der Waals surface area contributed by atoms with Crippen molar-refractivity contribution in [2.45, 2.75) is 0 Å². The first-order valence-corrected chi connectivity index (χ1v) is 7.02. The molecule has 21 heavy (non-hydrogen) atoms. The van der Waals surface area contributed by atoms with Gasteiger partial charge in [-0.1, -0.05) is 18.2 Å². The zero-order valence-electron chi connectivity index (χ0n) is 10.9. The Morgan fingerprint density at radius 3 is 2.76 bits per heavy atom. The van der Waals surface area contributed by atoms with Crippen molar-refractivity contribution in [3.8, 4) is 0 Å². The fourth-order valence-corrected chi connectivity index (χ4v) is 3.26. The number of anilines is 1. The molecule has 0 bridgehead atoms. The largest absolute Gasteiger partial charge is 0.397 e. The lowest BCUT2D eigenvalue weighted by molar-refractivity contribution is -0.117. The summed E-state index contributed by atoms with van der Waals surface area (Å²) in [7, 11) is 0. The van der Waals surface area contributed by atoms with E-state index in [9.17, 15) is 9.59 Å². The smallest absolute Gasteiger partial charge is 0.263 e. The number of fused-ring (bicyclic) bond motifs is 3. The summed E-state index contributed by atoms with van der Waals surface area (Å²) in [4.78, 5) is 27.5. The van der Waals surface area contributed by atoms with E-state index in [1.54, 1.807) is 6.20 Å². The van der Waals surface area contributed by atoms with Gasteiger partial charge in [0.15, 0.2) is 0 Å². The average molecular weight is 300 g/mol. The fourth-order valence-electron chi connectivity index (χ4n) is 2.11. The van der Waals surface area contributed by atoms with Gasteiger partial charge in [0.2, 0.25) is 5.91 Å². The van der Waals surface area contributed by atoms with Crippen molar-refractivity contribution in [3.05, 3.63) is 35.3 Å². The number of hydrogen-bond acceptors (Lipinski definition) is 5. The number of carbonyl (C=O) groups excluding carboxylic acids is 2. The molecule has 0 radical (unpaired) electrons. The summed E-state index contributed by atoms with van der Waals surface area (Å²) < 4.78 is 0.905. The summed E-state index contributed by atoms with van der Waals surface area (Å²) in [6, 6.07) is 7.65. The van der Waals surface area contributed by atoms with Crippen LogP contribution in [0.5, 0.6) is 0 Å². The number of nitrogens with two attached hydrogens (primary N) is 2. The Hall–Kier alpha value is -2.67. The van der Waals surface area contributed by atoms with E-state index in [1.165, 1.54) is 11.3 Å². The average Bonchev–Trinajstić information content (AvgIpc) is 2.82. The number of benzene rings is 1. The molecule has 6 nitrogen and oxygen atoms in total. The van der Waals surface area contributed by atoms with E-state index in [4.69, 9.17) is 11.5 Å². The van der Waals surface area contributed by atoms with Gasteiger partial charge in [0.25, 0.3) is 5.91 Å². The molecule has 106 valence electrons. The minimum atomic E-state index is -0.602. The number of rotatable bonds is 3. The molecule has 2 heterocycles. The highest BCUT2D eigenvalue weighted by Gasteiger charge is 2.18. The Balaban J connectivity index is 2.12. The lowest BCUT2D eigenvalue weighted by Crippen LogP contribution is -2.33. The van der Waals surface area contributed by atoms with E-state index in [0.29, 0.717) is 10.6 Å². The molecular formula is C14H12N4O2S. The third-order valence-electron chi connectivity index (χ3n) is 3.09. The minimum Gasteiger partial charge on any atom is -0.397 e. The van der Waals surface area contributed by atoms with Gasteiger partial charge in [0, 0.05) is 21.7 Å². The van der Waals surface area contributed by atoms with Crippen LogP contribution in [0.15, 0.2) is 30.5 Å². The van der Waals surface area contributed by atoms with Crippen LogP contribution in [0.2, 0.25) is 0 Å². The third-order valence-corrected chi connectivity index (χ3v) is 4.35. The summed E-state index contributed by atoms with van der Waals surface area (Å²) in [5.41, 5.74) is 12.3. The first kappa shape index (κ1) is 13.3. The van der Waals surface area contributed by atoms with Gasteiger partial charge in [0.05, 0.1) is 17.7 Å². The van der Waals surface area contributed by atoms with Gasteiger partial charge in [-0.15, -0.1) is 11.3 Å². The molecule has 3 rings (SSSR count). The third kappa shape index (κ3) is 2.27. The number of amides is 2. The van der Waals surface area contributed by atoms with Crippen molar-refractivity contribution >= 4 is 49.8 Å². The van der Waals surface area contributed by atoms with Crippen molar-refractivity contribution in [2.24, 2.45) is 5.73 Å². The molecule has 5 N–H and O–H groups in total. The van der Waals surface area contributed by atoms with Gasteiger partial charge in [-0.25, -0.2) is 0 Å². The van der Waals surface area contributed by atoms with Gasteiger partial charge in [0.1, 0.15) is 4.88 Å². The fraction of sp³-hybridized carbons (Fsp3) is 0.0714. The second kappa shape index (κ2) is 5.02. The summed E-state index contributed by atoms with van der Waals surface area (Å²) in [5, 5.41) is 4.13. The van der Waals surface area contributed by atoms with E-state index >= 15 is 0 Å². The number of pyridine rings is 1. The van der Waals surface area contributed by atoms with Gasteiger partial charge in [-0.05, 0) is 6.07 Å². The van der Waals surface area contributed by atoms with Gasteiger partial charge >= 0.3 is 0 Å². The summed E-state index contributed by atoms with van der Waals surface area (Å²) in [6.07, 6.45) is 1.66. The Morgan fingerprint density at radius 1 is 1.24 bits per heavy atom. The number of carbonyl (C=O) groups is 2. The molecule has 0 spiro atoms. The number of nitrogens with zero attached hydrogens (tertiary/aromatic N) is 1. The van der Waals surface area contributed by atoms with Crippen LogP contribution in [-0.4, -0.2) is 23.3 Å². The number of para-hydroxylation sites is 1. The lowest BCUT2D eigenvalue weighted by atomic mass is 10.1. The maximum Gasteiger partial charge on any atom is 0.263 e. The summed E-state index contributed by atoms with van der Waals surface area (Å²) in [5.74, 6) is -1.01. The van der Waals surface area contributed by atoms with Crippen molar-refractivity contribution < 1.29 is 9.59 Å². The van der Waals surface area contributed by atoms with Crippen molar-refractivity contribution in [1.82, 2.24) is 10.3 Å². The number of aromatic nitrogens is 1. The van der Waals surface area contributed by atoms with E-state index < -0.39 is 11.8 Å². The SMILES string of the molecule is NC(=O)CNC(=O)c1sc2c(cnc3ccccc32)c1N. The van der Waals surface area contributed by atoms with Crippen LogP contribution in [0.4, 0.5) is 5.69 Å². The van der Waals surface area contributed by atoms with E-state index in [2.05, 4.69) is 10.3 Å². The first-order chi connectivity index (χ1) is 10.1. The molecule has 0 fully saturated rings. The Labute approximate surface area is 123 Å². The monoisotopic (exact) mass is 300 g/mol. The topological polar surface area (TPSA) is 111 Å². The number of nitrogen functional groups attached to an aromatic ring is 1. The predicted molar refractivity (Wildman–Crippen MR) is 83.1 cm³/mol. The Bertz CT molecular complexity index is 872. The first-order valence-electron chi connectivity index (χ1n) is 6.20. The van der Waals surface area contributed by atoms with Crippen LogP contribution in [0.3, 0.4) is 0 Å². The molecule has 0 aliphatic rings. The molecule has 0 aliphatic heterocycles. The molecule has 0 saturated carbocycles. The quantitative estimate of drug-likeness (QED) is 0.675. The minimum absolute atomic E-state index is 0.217. The number of primary amides is 1. The van der Waals surface area contributed by atoms with Crippen LogP contribution >= 0.6 is 11.3 Å². The van der Waals surface area contributed by atoms with E-state index in [0.717, 1.165) is 21.0 Å². The maximum atomic E-state index is 12.1. The molecule has 2 amide bonds.